The highest BCUT2D eigenvalue weighted by atomic mass is 79.9. The van der Waals surface area contributed by atoms with Gasteiger partial charge in [0.25, 0.3) is 5.88 Å². The van der Waals surface area contributed by atoms with Gasteiger partial charge in [0.05, 0.1) is 4.88 Å². The predicted molar refractivity (Wildman–Crippen MR) is 48.7 cm³/mol. The van der Waals surface area contributed by atoms with E-state index < -0.39 is 0 Å². The van der Waals surface area contributed by atoms with Crippen LogP contribution in [0.25, 0.3) is 0 Å². The summed E-state index contributed by atoms with van der Waals surface area (Å²) in [5, 5.41) is 4.49. The summed E-state index contributed by atoms with van der Waals surface area (Å²) in [6, 6.07) is 0. The molecule has 0 saturated carbocycles. The lowest BCUT2D eigenvalue weighted by Crippen LogP contribution is -2.03. The third-order valence-electron chi connectivity index (χ3n) is 1.08. The van der Waals surface area contributed by atoms with Crippen molar-refractivity contribution in [3.63, 3.8) is 0 Å². The van der Waals surface area contributed by atoms with Crippen molar-refractivity contribution in [3.05, 3.63) is 4.88 Å². The maximum Gasteiger partial charge on any atom is 0.309 e. The Morgan fingerprint density at radius 1 is 1.75 bits per heavy atom. The van der Waals surface area contributed by atoms with Crippen LogP contribution in [0.1, 0.15) is 11.8 Å². The van der Waals surface area contributed by atoms with Gasteiger partial charge in [0.1, 0.15) is 0 Å². The van der Waals surface area contributed by atoms with Crippen molar-refractivity contribution in [2.24, 2.45) is 0 Å². The van der Waals surface area contributed by atoms with E-state index in [0.717, 1.165) is 16.6 Å². The molecule has 0 bridgehead atoms. The van der Waals surface area contributed by atoms with E-state index >= 15 is 0 Å². The number of carbonyl (C=O) groups excluding carboxylic acids is 1. The molecule has 0 saturated heterocycles. The van der Waals surface area contributed by atoms with Crippen LogP contribution < -0.4 is 4.74 Å². The van der Waals surface area contributed by atoms with E-state index in [2.05, 4.69) is 25.5 Å². The number of carbonyl (C=O) groups is 1. The van der Waals surface area contributed by atoms with Crippen LogP contribution in [0, 0.1) is 0 Å². The van der Waals surface area contributed by atoms with Crippen LogP contribution in [-0.2, 0) is 11.2 Å². The average Bonchev–Trinajstić information content (AvgIpc) is 2.37. The lowest BCUT2D eigenvalue weighted by atomic mass is 10.4. The Labute approximate surface area is 82.2 Å². The summed E-state index contributed by atoms with van der Waals surface area (Å²) in [5.74, 6) is -0.0227. The van der Waals surface area contributed by atoms with E-state index in [9.17, 15) is 4.79 Å². The van der Waals surface area contributed by atoms with E-state index in [-0.39, 0.29) is 5.97 Å². The largest absolute Gasteiger partial charge is 0.405 e. The molecule has 0 amide bonds. The van der Waals surface area contributed by atoms with Crippen molar-refractivity contribution in [2.45, 2.75) is 13.3 Å². The Morgan fingerprint density at radius 2 is 2.50 bits per heavy atom. The van der Waals surface area contributed by atoms with Crippen LogP contribution in [0.15, 0.2) is 0 Å². The minimum atomic E-state index is -0.362. The molecule has 66 valence electrons. The summed E-state index contributed by atoms with van der Waals surface area (Å²) in [5.41, 5.74) is 0. The lowest BCUT2D eigenvalue weighted by molar-refractivity contribution is -0.132. The first kappa shape index (κ1) is 9.60. The quantitative estimate of drug-likeness (QED) is 0.602. The summed E-state index contributed by atoms with van der Waals surface area (Å²) < 4.78 is 8.50. The number of esters is 1. The summed E-state index contributed by atoms with van der Waals surface area (Å²) in [6.45, 7) is 1.34. The van der Waals surface area contributed by atoms with Crippen LogP contribution in [-0.4, -0.2) is 20.9 Å². The minimum absolute atomic E-state index is 0.340. The number of halogens is 1. The molecule has 0 atom stereocenters. The highest BCUT2D eigenvalue weighted by Crippen LogP contribution is 2.19. The molecule has 0 aliphatic rings. The van der Waals surface area contributed by atoms with Gasteiger partial charge in [0.2, 0.25) is 0 Å². The second-order valence-electron chi connectivity index (χ2n) is 2.03. The Bertz CT molecular complexity index is 276. The average molecular weight is 251 g/mol. The molecule has 1 aromatic rings. The SMILES string of the molecule is CC(=O)Oc1nnsc1CCBr. The minimum Gasteiger partial charge on any atom is -0.405 e. The van der Waals surface area contributed by atoms with Crippen LogP contribution in [0.2, 0.25) is 0 Å². The van der Waals surface area contributed by atoms with Gasteiger partial charge in [-0.15, -0.1) is 0 Å². The first-order valence-corrected chi connectivity index (χ1v) is 5.19. The second-order valence-corrected chi connectivity index (χ2v) is 3.67. The van der Waals surface area contributed by atoms with Gasteiger partial charge in [-0.3, -0.25) is 4.79 Å². The van der Waals surface area contributed by atoms with Crippen LogP contribution in [0.5, 0.6) is 5.88 Å². The zero-order valence-corrected chi connectivity index (χ0v) is 8.81. The van der Waals surface area contributed by atoms with Crippen molar-refractivity contribution in [1.82, 2.24) is 9.59 Å². The van der Waals surface area contributed by atoms with Gasteiger partial charge in [-0.2, -0.15) is 0 Å². The molecule has 0 aliphatic heterocycles. The van der Waals surface area contributed by atoms with Crippen LogP contribution in [0.4, 0.5) is 0 Å². The van der Waals surface area contributed by atoms with Crippen LogP contribution >= 0.6 is 27.5 Å². The fourth-order valence-corrected chi connectivity index (χ4v) is 1.88. The molecule has 0 radical (unpaired) electrons. The number of rotatable bonds is 3. The predicted octanol–water partition coefficient (Wildman–Crippen LogP) is 1.40. The van der Waals surface area contributed by atoms with Gasteiger partial charge in [-0.05, 0) is 18.0 Å². The van der Waals surface area contributed by atoms with Gasteiger partial charge >= 0.3 is 5.97 Å². The Morgan fingerprint density at radius 3 is 3.08 bits per heavy atom. The first-order chi connectivity index (χ1) is 5.74. The van der Waals surface area contributed by atoms with Gasteiger partial charge in [0, 0.05) is 12.3 Å². The fourth-order valence-electron chi connectivity index (χ4n) is 0.653. The van der Waals surface area contributed by atoms with Crippen molar-refractivity contribution in [1.29, 1.82) is 0 Å². The molecular formula is C6H7BrN2O2S. The summed E-state index contributed by atoms with van der Waals surface area (Å²) in [7, 11) is 0. The molecule has 0 unspecified atom stereocenters. The van der Waals surface area contributed by atoms with E-state index in [1.165, 1.54) is 18.5 Å². The number of aryl methyl sites for hydroxylation is 1. The normalized spacial score (nSPS) is 9.83. The highest BCUT2D eigenvalue weighted by Gasteiger charge is 2.09. The van der Waals surface area contributed by atoms with Crippen molar-refractivity contribution < 1.29 is 9.53 Å². The molecule has 1 aromatic heterocycles. The number of alkyl halides is 1. The summed E-state index contributed by atoms with van der Waals surface area (Å²) >= 11 is 4.53. The third kappa shape index (κ3) is 2.53. The Balaban J connectivity index is 2.69. The lowest BCUT2D eigenvalue weighted by Gasteiger charge is -1.96. The number of hydrogen-bond donors (Lipinski definition) is 0. The van der Waals surface area contributed by atoms with E-state index in [4.69, 9.17) is 4.74 Å². The first-order valence-electron chi connectivity index (χ1n) is 3.29. The number of ether oxygens (including phenoxy) is 1. The monoisotopic (exact) mass is 250 g/mol. The Kier molecular flexibility index (Phi) is 3.61. The summed E-state index contributed by atoms with van der Waals surface area (Å²) in [4.78, 5) is 11.5. The third-order valence-corrected chi connectivity index (χ3v) is 2.24. The molecule has 0 aliphatic carbocycles. The van der Waals surface area contributed by atoms with Gasteiger partial charge in [-0.1, -0.05) is 25.5 Å². The van der Waals surface area contributed by atoms with E-state index in [1.807, 2.05) is 0 Å². The van der Waals surface area contributed by atoms with Gasteiger partial charge in [-0.25, -0.2) is 0 Å². The zero-order chi connectivity index (χ0) is 8.97. The maximum atomic E-state index is 10.6. The molecule has 12 heavy (non-hydrogen) atoms. The molecule has 6 heteroatoms. The number of aromatic nitrogens is 2. The van der Waals surface area contributed by atoms with Crippen molar-refractivity contribution in [2.75, 3.05) is 5.33 Å². The standard InChI is InChI=1S/C6H7BrN2O2S/c1-4(10)11-6-5(2-3-7)12-9-8-6/h2-3H2,1H3. The molecule has 0 aromatic carbocycles. The smallest absolute Gasteiger partial charge is 0.309 e. The summed E-state index contributed by atoms with van der Waals surface area (Å²) in [6.07, 6.45) is 0.778. The van der Waals surface area contributed by atoms with Crippen LogP contribution in [0.3, 0.4) is 0 Å². The van der Waals surface area contributed by atoms with Crippen molar-refractivity contribution >= 4 is 33.4 Å². The second kappa shape index (κ2) is 4.51. The molecule has 1 heterocycles. The van der Waals surface area contributed by atoms with E-state index in [1.54, 1.807) is 0 Å². The molecule has 0 fully saturated rings. The zero-order valence-electron chi connectivity index (χ0n) is 6.41. The number of hydrogen-bond acceptors (Lipinski definition) is 5. The van der Waals surface area contributed by atoms with Gasteiger partial charge in [0.15, 0.2) is 0 Å². The van der Waals surface area contributed by atoms with Crippen molar-refractivity contribution in [3.8, 4) is 5.88 Å². The molecule has 4 nitrogen and oxygen atoms in total. The molecule has 1 rings (SSSR count). The fraction of sp³-hybridized carbons (Fsp3) is 0.500. The Hall–Kier alpha value is -0.490. The highest BCUT2D eigenvalue weighted by molar-refractivity contribution is 9.09. The maximum absolute atomic E-state index is 10.6. The molecular weight excluding hydrogens is 244 g/mol. The molecule has 0 N–H and O–H groups in total. The molecule has 0 spiro atoms. The van der Waals surface area contributed by atoms with Gasteiger partial charge < -0.3 is 4.74 Å². The topological polar surface area (TPSA) is 52.1 Å². The number of nitrogens with zero attached hydrogens (tertiary/aromatic N) is 2. The van der Waals surface area contributed by atoms with E-state index in [0.29, 0.717) is 5.88 Å².